The molecule has 2 heteroatoms. The third-order valence-electron chi connectivity index (χ3n) is 1.45. The van der Waals surface area contributed by atoms with E-state index in [1.54, 1.807) is 13.0 Å². The summed E-state index contributed by atoms with van der Waals surface area (Å²) in [5, 5.41) is 18.5. The second-order valence-corrected chi connectivity index (χ2v) is 2.45. The van der Waals surface area contributed by atoms with E-state index in [-0.39, 0.29) is 11.5 Å². The third-order valence-corrected chi connectivity index (χ3v) is 1.45. The lowest BCUT2D eigenvalue weighted by atomic mass is 10.1. The van der Waals surface area contributed by atoms with Crippen molar-refractivity contribution in [3.63, 3.8) is 0 Å². The molecule has 0 spiro atoms. The van der Waals surface area contributed by atoms with Gasteiger partial charge in [0.25, 0.3) is 0 Å². The van der Waals surface area contributed by atoms with Gasteiger partial charge < -0.3 is 10.2 Å². The number of aromatic hydroxyl groups is 2. The van der Waals surface area contributed by atoms with Gasteiger partial charge >= 0.3 is 0 Å². The predicted molar refractivity (Wildman–Crippen MR) is 44.5 cm³/mol. The van der Waals surface area contributed by atoms with Crippen LogP contribution in [0.2, 0.25) is 0 Å². The molecule has 0 saturated heterocycles. The first kappa shape index (κ1) is 7.66. The monoisotopic (exact) mass is 150 g/mol. The summed E-state index contributed by atoms with van der Waals surface area (Å²) in [4.78, 5) is 0. The highest BCUT2D eigenvalue weighted by Gasteiger charge is 2.05. The fourth-order valence-corrected chi connectivity index (χ4v) is 0.966. The summed E-state index contributed by atoms with van der Waals surface area (Å²) >= 11 is 0. The first-order chi connectivity index (χ1) is 5.13. The molecule has 2 N–H and O–H groups in total. The molecule has 58 valence electrons. The van der Waals surface area contributed by atoms with Crippen molar-refractivity contribution in [2.75, 3.05) is 0 Å². The van der Waals surface area contributed by atoms with Gasteiger partial charge in [-0.2, -0.15) is 0 Å². The molecule has 0 fully saturated rings. The minimum atomic E-state index is 0.0671. The molecular formula is C9H10O2. The molecule has 0 saturated carbocycles. The standard InChI is InChI=1S/C9H10O2/c1-6(2)9-7(10)4-3-5-8(9)11/h3-5,10-11H,1H2,2H3. The number of benzene rings is 1. The van der Waals surface area contributed by atoms with Crippen molar-refractivity contribution in [3.05, 3.63) is 30.3 Å². The zero-order valence-corrected chi connectivity index (χ0v) is 6.33. The van der Waals surface area contributed by atoms with Gasteiger partial charge in [0.2, 0.25) is 0 Å². The molecule has 0 aliphatic carbocycles. The minimum absolute atomic E-state index is 0.0671. The molecule has 0 aliphatic rings. The summed E-state index contributed by atoms with van der Waals surface area (Å²) in [5.41, 5.74) is 1.08. The molecule has 0 amide bonds. The van der Waals surface area contributed by atoms with Crippen LogP contribution >= 0.6 is 0 Å². The van der Waals surface area contributed by atoms with E-state index >= 15 is 0 Å². The van der Waals surface area contributed by atoms with Crippen LogP contribution in [0.3, 0.4) is 0 Å². The first-order valence-electron chi connectivity index (χ1n) is 3.29. The van der Waals surface area contributed by atoms with Crippen LogP contribution < -0.4 is 0 Å². The topological polar surface area (TPSA) is 40.5 Å². The van der Waals surface area contributed by atoms with E-state index in [4.69, 9.17) is 0 Å². The third kappa shape index (κ3) is 1.34. The molecule has 2 nitrogen and oxygen atoms in total. The predicted octanol–water partition coefficient (Wildman–Crippen LogP) is 2.13. The van der Waals surface area contributed by atoms with E-state index in [0.29, 0.717) is 11.1 Å². The van der Waals surface area contributed by atoms with Crippen molar-refractivity contribution in [3.8, 4) is 11.5 Å². The Balaban J connectivity index is 3.32. The number of allylic oxidation sites excluding steroid dienone is 1. The van der Waals surface area contributed by atoms with Crippen molar-refractivity contribution in [2.24, 2.45) is 0 Å². The summed E-state index contributed by atoms with van der Waals surface area (Å²) in [6, 6.07) is 4.62. The molecule has 0 atom stereocenters. The summed E-state index contributed by atoms with van der Waals surface area (Å²) in [6.45, 7) is 5.36. The fraction of sp³-hybridized carbons (Fsp3) is 0.111. The van der Waals surface area contributed by atoms with Crippen molar-refractivity contribution in [1.29, 1.82) is 0 Å². The van der Waals surface area contributed by atoms with E-state index in [1.165, 1.54) is 12.1 Å². The molecule has 11 heavy (non-hydrogen) atoms. The second kappa shape index (κ2) is 2.66. The molecule has 1 aromatic carbocycles. The maximum absolute atomic E-state index is 9.24. The summed E-state index contributed by atoms with van der Waals surface area (Å²) in [5.74, 6) is 0.134. The van der Waals surface area contributed by atoms with E-state index in [1.807, 2.05) is 0 Å². The van der Waals surface area contributed by atoms with E-state index in [0.717, 1.165) is 0 Å². The first-order valence-corrected chi connectivity index (χ1v) is 3.29. The average Bonchev–Trinajstić information content (AvgIpc) is 1.85. The van der Waals surface area contributed by atoms with Crippen molar-refractivity contribution in [2.45, 2.75) is 6.92 Å². The molecular weight excluding hydrogens is 140 g/mol. The number of hydrogen-bond donors (Lipinski definition) is 2. The highest BCUT2D eigenvalue weighted by Crippen LogP contribution is 2.31. The molecule has 0 aliphatic heterocycles. The van der Waals surface area contributed by atoms with Crippen LogP contribution in [0.25, 0.3) is 5.57 Å². The van der Waals surface area contributed by atoms with Crippen LogP contribution in [-0.2, 0) is 0 Å². The highest BCUT2D eigenvalue weighted by atomic mass is 16.3. The van der Waals surface area contributed by atoms with E-state index in [2.05, 4.69) is 6.58 Å². The smallest absolute Gasteiger partial charge is 0.126 e. The van der Waals surface area contributed by atoms with E-state index < -0.39 is 0 Å². The SMILES string of the molecule is C=C(C)c1c(O)cccc1O. The van der Waals surface area contributed by atoms with Gasteiger partial charge in [-0.15, -0.1) is 0 Å². The normalized spacial score (nSPS) is 9.55. The van der Waals surface area contributed by atoms with Gasteiger partial charge in [-0.3, -0.25) is 0 Å². The Kier molecular flexibility index (Phi) is 1.85. The van der Waals surface area contributed by atoms with Crippen molar-refractivity contribution < 1.29 is 10.2 Å². The number of rotatable bonds is 1. The van der Waals surface area contributed by atoms with Crippen LogP contribution in [0, 0.1) is 0 Å². The lowest BCUT2D eigenvalue weighted by Gasteiger charge is -2.04. The Morgan fingerprint density at radius 3 is 2.00 bits per heavy atom. The molecule has 0 aromatic heterocycles. The maximum Gasteiger partial charge on any atom is 0.126 e. The molecule has 0 unspecified atom stereocenters. The van der Waals surface area contributed by atoms with Crippen LogP contribution in [0.15, 0.2) is 24.8 Å². The van der Waals surface area contributed by atoms with Crippen molar-refractivity contribution >= 4 is 5.57 Å². The Labute approximate surface area is 65.4 Å². The molecule has 0 radical (unpaired) electrons. The van der Waals surface area contributed by atoms with Crippen molar-refractivity contribution in [1.82, 2.24) is 0 Å². The Hall–Kier alpha value is -1.44. The van der Waals surface area contributed by atoms with Gasteiger partial charge in [0, 0.05) is 0 Å². The molecule has 1 rings (SSSR count). The van der Waals surface area contributed by atoms with Gasteiger partial charge in [-0.1, -0.05) is 12.6 Å². The van der Waals surface area contributed by atoms with Crippen LogP contribution in [0.5, 0.6) is 11.5 Å². The average molecular weight is 150 g/mol. The quantitative estimate of drug-likeness (QED) is 0.643. The second-order valence-electron chi connectivity index (χ2n) is 2.45. The number of phenolic OH excluding ortho intramolecular Hbond substituents is 2. The van der Waals surface area contributed by atoms with Crippen LogP contribution in [-0.4, -0.2) is 10.2 Å². The zero-order valence-electron chi connectivity index (χ0n) is 6.33. The van der Waals surface area contributed by atoms with Gasteiger partial charge in [-0.05, 0) is 24.6 Å². The minimum Gasteiger partial charge on any atom is -0.507 e. The zero-order chi connectivity index (χ0) is 8.43. The fourth-order valence-electron chi connectivity index (χ4n) is 0.966. The van der Waals surface area contributed by atoms with E-state index in [9.17, 15) is 10.2 Å². The lowest BCUT2D eigenvalue weighted by Crippen LogP contribution is -1.79. The summed E-state index contributed by atoms with van der Waals surface area (Å²) in [7, 11) is 0. The van der Waals surface area contributed by atoms with Gasteiger partial charge in [-0.25, -0.2) is 0 Å². The Morgan fingerprint density at radius 1 is 1.27 bits per heavy atom. The maximum atomic E-state index is 9.24. The Bertz CT molecular complexity index is 269. The molecule has 0 heterocycles. The summed E-state index contributed by atoms with van der Waals surface area (Å²) < 4.78 is 0. The van der Waals surface area contributed by atoms with Crippen LogP contribution in [0.1, 0.15) is 12.5 Å². The lowest BCUT2D eigenvalue weighted by molar-refractivity contribution is 0.447. The highest BCUT2D eigenvalue weighted by molar-refractivity contribution is 5.71. The number of phenols is 2. The van der Waals surface area contributed by atoms with Gasteiger partial charge in [0.15, 0.2) is 0 Å². The van der Waals surface area contributed by atoms with Gasteiger partial charge in [0.1, 0.15) is 11.5 Å². The largest absolute Gasteiger partial charge is 0.507 e. The summed E-state index contributed by atoms with van der Waals surface area (Å²) in [6.07, 6.45) is 0. The Morgan fingerprint density at radius 2 is 1.73 bits per heavy atom. The molecule has 1 aromatic rings. The van der Waals surface area contributed by atoms with Crippen LogP contribution in [0.4, 0.5) is 0 Å². The number of hydrogen-bond acceptors (Lipinski definition) is 2. The molecule has 0 bridgehead atoms. The van der Waals surface area contributed by atoms with Gasteiger partial charge in [0.05, 0.1) is 5.56 Å².